The zero-order chi connectivity index (χ0) is 15.2. The Morgan fingerprint density at radius 1 is 1.09 bits per heavy atom. The molecule has 3 rings (SSSR count). The van der Waals surface area contributed by atoms with Crippen molar-refractivity contribution in [2.24, 2.45) is 5.92 Å². The number of carbonyl (C=O) groups excluding carboxylic acids is 1. The largest absolute Gasteiger partial charge is 0.338 e. The van der Waals surface area contributed by atoms with E-state index in [1.54, 1.807) is 12.7 Å². The predicted octanol–water partition coefficient (Wildman–Crippen LogP) is 2.60. The molecule has 2 amide bonds. The summed E-state index contributed by atoms with van der Waals surface area (Å²) < 4.78 is 2.05. The second kappa shape index (κ2) is 7.61. The van der Waals surface area contributed by atoms with Gasteiger partial charge in [-0.3, -0.25) is 0 Å². The number of rotatable bonds is 5. The van der Waals surface area contributed by atoms with Crippen LogP contribution in [0.3, 0.4) is 0 Å². The lowest BCUT2D eigenvalue weighted by Gasteiger charge is -2.32. The molecule has 0 bridgehead atoms. The fourth-order valence-corrected chi connectivity index (χ4v) is 3.76. The van der Waals surface area contributed by atoms with Gasteiger partial charge < -0.3 is 14.8 Å². The van der Waals surface area contributed by atoms with Crippen molar-refractivity contribution in [3.05, 3.63) is 12.7 Å². The predicted molar refractivity (Wildman–Crippen MR) is 84.5 cm³/mol. The molecule has 1 saturated carbocycles. The van der Waals surface area contributed by atoms with Gasteiger partial charge in [-0.15, -0.1) is 10.2 Å². The fourth-order valence-electron chi connectivity index (χ4n) is 3.76. The van der Waals surface area contributed by atoms with Crippen LogP contribution in [0.5, 0.6) is 0 Å². The minimum atomic E-state index is 0.105. The average Bonchev–Trinajstić information content (AvgIpc) is 3.25. The first-order valence-corrected chi connectivity index (χ1v) is 8.70. The van der Waals surface area contributed by atoms with Gasteiger partial charge in [-0.25, -0.2) is 4.79 Å². The second-order valence-corrected chi connectivity index (χ2v) is 6.65. The lowest BCUT2D eigenvalue weighted by atomic mass is 10.0. The van der Waals surface area contributed by atoms with Gasteiger partial charge in [0.05, 0.1) is 0 Å². The number of hydrogen-bond acceptors (Lipinski definition) is 3. The maximum atomic E-state index is 12.2. The van der Waals surface area contributed by atoms with Crippen LogP contribution in [0.15, 0.2) is 12.7 Å². The molecule has 1 aromatic heterocycles. The Bertz CT molecular complexity index is 447. The highest BCUT2D eigenvalue weighted by molar-refractivity contribution is 5.74. The van der Waals surface area contributed by atoms with Crippen molar-refractivity contribution in [2.75, 3.05) is 19.6 Å². The average molecular weight is 305 g/mol. The van der Waals surface area contributed by atoms with E-state index in [9.17, 15) is 4.79 Å². The molecule has 22 heavy (non-hydrogen) atoms. The van der Waals surface area contributed by atoms with Crippen molar-refractivity contribution >= 4 is 6.03 Å². The van der Waals surface area contributed by atoms with E-state index in [0.29, 0.717) is 6.04 Å². The summed E-state index contributed by atoms with van der Waals surface area (Å²) in [5.74, 6) is 0.913. The highest BCUT2D eigenvalue weighted by Crippen LogP contribution is 2.28. The molecule has 1 N–H and O–H groups in total. The van der Waals surface area contributed by atoms with E-state index in [2.05, 4.69) is 20.1 Å². The molecule has 0 atom stereocenters. The van der Waals surface area contributed by atoms with Gasteiger partial charge in [0.25, 0.3) is 0 Å². The minimum Gasteiger partial charge on any atom is -0.338 e. The summed E-state index contributed by atoms with van der Waals surface area (Å²) in [6.07, 6.45) is 13.5. The van der Waals surface area contributed by atoms with E-state index in [1.165, 1.54) is 32.1 Å². The Balaban J connectivity index is 1.31. The summed E-state index contributed by atoms with van der Waals surface area (Å²) in [5, 5.41) is 10.8. The minimum absolute atomic E-state index is 0.105. The van der Waals surface area contributed by atoms with E-state index < -0.39 is 0 Å². The third-order valence-electron chi connectivity index (χ3n) is 5.15. The highest BCUT2D eigenvalue weighted by atomic mass is 16.2. The first-order chi connectivity index (χ1) is 10.8. The van der Waals surface area contributed by atoms with Crippen molar-refractivity contribution in [2.45, 2.75) is 57.4 Å². The molecule has 6 nitrogen and oxygen atoms in total. The lowest BCUT2D eigenvalue weighted by Crippen LogP contribution is -2.44. The Morgan fingerprint density at radius 3 is 2.45 bits per heavy atom. The molecule has 2 fully saturated rings. The van der Waals surface area contributed by atoms with Crippen LogP contribution in [0, 0.1) is 5.92 Å². The molecule has 1 aliphatic carbocycles. The molecule has 0 spiro atoms. The monoisotopic (exact) mass is 305 g/mol. The zero-order valence-corrected chi connectivity index (χ0v) is 13.3. The first kappa shape index (κ1) is 15.3. The van der Waals surface area contributed by atoms with Gasteiger partial charge >= 0.3 is 6.03 Å². The molecule has 0 unspecified atom stereocenters. The quantitative estimate of drug-likeness (QED) is 0.851. The summed E-state index contributed by atoms with van der Waals surface area (Å²) in [5.41, 5.74) is 0. The number of nitrogens with zero attached hydrogens (tertiary/aromatic N) is 4. The number of nitrogens with one attached hydrogen (secondary N) is 1. The number of urea groups is 1. The van der Waals surface area contributed by atoms with Crippen molar-refractivity contribution in [3.63, 3.8) is 0 Å². The number of likely N-dealkylation sites (tertiary alicyclic amines) is 1. The van der Waals surface area contributed by atoms with E-state index in [-0.39, 0.29) is 6.03 Å². The molecule has 2 aliphatic rings. The molecule has 122 valence electrons. The number of piperidine rings is 1. The summed E-state index contributed by atoms with van der Waals surface area (Å²) in [6, 6.07) is 0.537. The number of hydrogen-bond donors (Lipinski definition) is 1. The van der Waals surface area contributed by atoms with E-state index in [4.69, 9.17) is 0 Å². The third kappa shape index (κ3) is 3.99. The highest BCUT2D eigenvalue weighted by Gasteiger charge is 2.23. The van der Waals surface area contributed by atoms with Crippen LogP contribution >= 0.6 is 0 Å². The Morgan fingerprint density at radius 2 is 1.77 bits per heavy atom. The molecular weight excluding hydrogens is 278 g/mol. The standard InChI is InChI=1S/C16H27N5O/c22-16(17-9-3-6-14-4-1-2-5-14)20-10-7-15(8-11-20)21-12-18-19-13-21/h12-15H,1-11H2,(H,17,22). The smallest absolute Gasteiger partial charge is 0.317 e. The summed E-state index contributed by atoms with van der Waals surface area (Å²) in [6.45, 7) is 2.45. The molecule has 0 aromatic carbocycles. The maximum Gasteiger partial charge on any atom is 0.317 e. The third-order valence-corrected chi connectivity index (χ3v) is 5.15. The second-order valence-electron chi connectivity index (χ2n) is 6.65. The molecule has 1 aliphatic heterocycles. The SMILES string of the molecule is O=C(NCCCC1CCCC1)N1CCC(n2cnnc2)CC1. The van der Waals surface area contributed by atoms with Crippen molar-refractivity contribution < 1.29 is 4.79 Å². The topological polar surface area (TPSA) is 63.1 Å². The summed E-state index contributed by atoms with van der Waals surface area (Å²) in [4.78, 5) is 14.1. The first-order valence-electron chi connectivity index (χ1n) is 8.70. The van der Waals surface area contributed by atoms with E-state index in [0.717, 1.165) is 44.8 Å². The molecule has 1 saturated heterocycles. The van der Waals surface area contributed by atoms with Crippen LogP contribution in [0.2, 0.25) is 0 Å². The van der Waals surface area contributed by atoms with E-state index >= 15 is 0 Å². The van der Waals surface area contributed by atoms with Crippen LogP contribution in [0.4, 0.5) is 4.79 Å². The van der Waals surface area contributed by atoms with E-state index in [1.807, 2.05) is 4.90 Å². The van der Waals surface area contributed by atoms with Crippen molar-refractivity contribution in [3.8, 4) is 0 Å². The Labute approximate surface area is 132 Å². The van der Waals surface area contributed by atoms with Gasteiger partial charge in [0.15, 0.2) is 0 Å². The lowest BCUT2D eigenvalue weighted by molar-refractivity contribution is 0.171. The maximum absolute atomic E-state index is 12.2. The normalized spacial score (nSPS) is 20.5. The molecular formula is C16H27N5O. The van der Waals surface area contributed by atoms with Gasteiger partial charge in [0.1, 0.15) is 12.7 Å². The van der Waals surface area contributed by atoms with Gasteiger partial charge in [0, 0.05) is 25.7 Å². The summed E-state index contributed by atoms with van der Waals surface area (Å²) in [7, 11) is 0. The Kier molecular flexibility index (Phi) is 5.29. The number of aromatic nitrogens is 3. The van der Waals surface area contributed by atoms with Crippen LogP contribution in [-0.4, -0.2) is 45.3 Å². The number of carbonyl (C=O) groups is 1. The van der Waals surface area contributed by atoms with Gasteiger partial charge in [-0.1, -0.05) is 25.7 Å². The molecule has 0 radical (unpaired) electrons. The number of amides is 2. The van der Waals surface area contributed by atoms with Crippen LogP contribution in [0.1, 0.15) is 57.4 Å². The van der Waals surface area contributed by atoms with Crippen LogP contribution < -0.4 is 5.32 Å². The van der Waals surface area contributed by atoms with Crippen molar-refractivity contribution in [1.82, 2.24) is 25.0 Å². The molecule has 6 heteroatoms. The molecule has 2 heterocycles. The van der Waals surface area contributed by atoms with Crippen LogP contribution in [0.25, 0.3) is 0 Å². The summed E-state index contributed by atoms with van der Waals surface area (Å²) >= 11 is 0. The fraction of sp³-hybridized carbons (Fsp3) is 0.812. The Hall–Kier alpha value is -1.59. The van der Waals surface area contributed by atoms with Crippen molar-refractivity contribution in [1.29, 1.82) is 0 Å². The van der Waals surface area contributed by atoms with Gasteiger partial charge in [-0.05, 0) is 31.6 Å². The zero-order valence-electron chi connectivity index (χ0n) is 13.3. The van der Waals surface area contributed by atoms with Gasteiger partial charge in [-0.2, -0.15) is 0 Å². The van der Waals surface area contributed by atoms with Crippen LogP contribution in [-0.2, 0) is 0 Å². The van der Waals surface area contributed by atoms with Gasteiger partial charge in [0.2, 0.25) is 0 Å². The molecule has 1 aromatic rings.